The van der Waals surface area contributed by atoms with E-state index in [1.807, 2.05) is 32.2 Å². The zero-order valence-electron chi connectivity index (χ0n) is 21.2. The standard InChI is InChI=1S/C30H35N5/c1-7-21(19-31-10-4)18-22(8-2)20(5)17-24-25(9-3)35-30(24,6)29-33-26-15-16-32-27(28(26)34-29)23-13-11-12-14-23/h7-9,11,13-18,31,35H,1,5,10,12,19H2,2-4,6H3,(H,33,34)/b21-18+,22-8+,24-17+,25-9+. The molecule has 5 nitrogen and oxygen atoms in total. The average molecular weight is 466 g/mol. The molecule has 0 bridgehead atoms. The first-order valence-electron chi connectivity index (χ1n) is 12.2. The molecule has 0 spiro atoms. The van der Waals surface area contributed by atoms with Gasteiger partial charge < -0.3 is 15.6 Å². The number of aromatic nitrogens is 3. The monoisotopic (exact) mass is 465 g/mol. The van der Waals surface area contributed by atoms with Gasteiger partial charge in [-0.1, -0.05) is 62.6 Å². The molecule has 1 fully saturated rings. The summed E-state index contributed by atoms with van der Waals surface area (Å²) in [4.78, 5) is 13.2. The van der Waals surface area contributed by atoms with Crippen LogP contribution in [-0.4, -0.2) is 28.0 Å². The van der Waals surface area contributed by atoms with Crippen molar-refractivity contribution in [1.29, 1.82) is 0 Å². The van der Waals surface area contributed by atoms with Crippen LogP contribution in [0.1, 0.15) is 45.6 Å². The largest absolute Gasteiger partial charge is 0.369 e. The van der Waals surface area contributed by atoms with Gasteiger partial charge in [-0.05, 0) is 68.2 Å². The maximum absolute atomic E-state index is 5.04. The van der Waals surface area contributed by atoms with E-state index in [1.54, 1.807) is 0 Å². The Kier molecular flexibility index (Phi) is 7.17. The zero-order valence-corrected chi connectivity index (χ0v) is 21.2. The van der Waals surface area contributed by atoms with E-state index < -0.39 is 5.54 Å². The summed E-state index contributed by atoms with van der Waals surface area (Å²) in [6, 6.07) is 1.99. The van der Waals surface area contributed by atoms with Crippen LogP contribution in [0.25, 0.3) is 16.6 Å². The Bertz CT molecular complexity index is 1340. The van der Waals surface area contributed by atoms with Crippen molar-refractivity contribution in [3.05, 3.63) is 114 Å². The summed E-state index contributed by atoms with van der Waals surface area (Å²) < 4.78 is 0. The Morgan fingerprint density at radius 2 is 2.14 bits per heavy atom. The second kappa shape index (κ2) is 10.3. The lowest BCUT2D eigenvalue weighted by atomic mass is 9.78. The van der Waals surface area contributed by atoms with Gasteiger partial charge in [0.2, 0.25) is 0 Å². The molecule has 2 aliphatic rings. The second-order valence-corrected chi connectivity index (χ2v) is 8.92. The summed E-state index contributed by atoms with van der Waals surface area (Å²) in [5, 5.41) is 6.97. The van der Waals surface area contributed by atoms with Gasteiger partial charge in [-0.2, -0.15) is 0 Å². The molecule has 2 aromatic heterocycles. The third kappa shape index (κ3) is 4.64. The van der Waals surface area contributed by atoms with E-state index >= 15 is 0 Å². The SMILES string of the molecule is C=C/C(=C\C(=C/C)C(=C)/C=C1\C(=C/C)NC1(C)c1nc2c(C3=CCC=C3)nccc2[nH]1)CNCC. The fourth-order valence-corrected chi connectivity index (χ4v) is 4.53. The van der Waals surface area contributed by atoms with Crippen molar-refractivity contribution in [2.75, 3.05) is 13.1 Å². The molecule has 3 N–H and O–H groups in total. The molecule has 3 heterocycles. The number of pyridine rings is 1. The molecule has 1 saturated heterocycles. The summed E-state index contributed by atoms with van der Waals surface area (Å²) in [6.45, 7) is 18.4. The quantitative estimate of drug-likeness (QED) is 0.387. The van der Waals surface area contributed by atoms with Gasteiger partial charge in [0.25, 0.3) is 0 Å². The normalized spacial score (nSPS) is 22.5. The first-order valence-corrected chi connectivity index (χ1v) is 12.2. The van der Waals surface area contributed by atoms with E-state index in [1.165, 1.54) is 0 Å². The molecule has 4 rings (SSSR count). The highest BCUT2D eigenvalue weighted by atomic mass is 15.1. The fourth-order valence-electron chi connectivity index (χ4n) is 4.53. The lowest BCUT2D eigenvalue weighted by Crippen LogP contribution is -2.53. The lowest BCUT2D eigenvalue weighted by Gasteiger charge is -2.45. The highest BCUT2D eigenvalue weighted by Crippen LogP contribution is 2.43. The minimum atomic E-state index is -0.464. The molecule has 1 unspecified atom stereocenters. The van der Waals surface area contributed by atoms with Crippen LogP contribution in [-0.2, 0) is 5.54 Å². The van der Waals surface area contributed by atoms with Crippen molar-refractivity contribution in [2.45, 2.75) is 39.7 Å². The zero-order chi connectivity index (χ0) is 25.0. The van der Waals surface area contributed by atoms with Crippen molar-refractivity contribution in [1.82, 2.24) is 25.6 Å². The Balaban J connectivity index is 1.70. The number of likely N-dealkylation sites (N-methyl/N-ethyl adjacent to an activating group) is 1. The van der Waals surface area contributed by atoms with Gasteiger partial charge >= 0.3 is 0 Å². The van der Waals surface area contributed by atoms with Gasteiger partial charge in [0.05, 0.1) is 11.2 Å². The number of H-pyrrole nitrogens is 1. The Morgan fingerprint density at radius 3 is 2.80 bits per heavy atom. The van der Waals surface area contributed by atoms with Crippen LogP contribution in [0.2, 0.25) is 0 Å². The number of allylic oxidation sites excluding steroid dienone is 10. The molecule has 0 amide bonds. The number of fused-ring (bicyclic) bond motifs is 1. The van der Waals surface area contributed by atoms with Crippen LogP contribution in [0.4, 0.5) is 0 Å². The van der Waals surface area contributed by atoms with Gasteiger partial charge in [0, 0.05) is 24.0 Å². The first kappa shape index (κ1) is 24.4. The highest BCUT2D eigenvalue weighted by Gasteiger charge is 2.45. The summed E-state index contributed by atoms with van der Waals surface area (Å²) in [5.74, 6) is 0.866. The summed E-state index contributed by atoms with van der Waals surface area (Å²) in [5.41, 5.74) is 8.85. The maximum atomic E-state index is 5.04. The van der Waals surface area contributed by atoms with Crippen LogP contribution >= 0.6 is 0 Å². The maximum Gasteiger partial charge on any atom is 0.137 e. The van der Waals surface area contributed by atoms with E-state index in [-0.39, 0.29) is 0 Å². The highest BCUT2D eigenvalue weighted by molar-refractivity contribution is 5.91. The molecule has 0 radical (unpaired) electrons. The minimum Gasteiger partial charge on any atom is -0.369 e. The van der Waals surface area contributed by atoms with Crippen molar-refractivity contribution in [3.8, 4) is 0 Å². The predicted molar refractivity (Wildman–Crippen MR) is 148 cm³/mol. The Hall–Kier alpha value is -3.70. The first-order chi connectivity index (χ1) is 16.9. The number of aromatic amines is 1. The smallest absolute Gasteiger partial charge is 0.137 e. The minimum absolute atomic E-state index is 0.464. The van der Waals surface area contributed by atoms with Crippen LogP contribution in [0.15, 0.2) is 102 Å². The van der Waals surface area contributed by atoms with Crippen molar-refractivity contribution in [3.63, 3.8) is 0 Å². The molecule has 0 saturated carbocycles. The van der Waals surface area contributed by atoms with E-state index in [0.29, 0.717) is 0 Å². The summed E-state index contributed by atoms with van der Waals surface area (Å²) >= 11 is 0. The van der Waals surface area contributed by atoms with Crippen LogP contribution in [0, 0.1) is 0 Å². The summed E-state index contributed by atoms with van der Waals surface area (Å²) in [7, 11) is 0. The lowest BCUT2D eigenvalue weighted by molar-refractivity contribution is 0.384. The van der Waals surface area contributed by atoms with Gasteiger partial charge in [-0.3, -0.25) is 4.98 Å². The molecule has 0 aromatic carbocycles. The number of hydrogen-bond donors (Lipinski definition) is 3. The van der Waals surface area contributed by atoms with Gasteiger partial charge in [0.1, 0.15) is 16.9 Å². The Labute approximate surface area is 208 Å². The third-order valence-electron chi connectivity index (χ3n) is 6.60. The van der Waals surface area contributed by atoms with Crippen LogP contribution in [0.3, 0.4) is 0 Å². The summed E-state index contributed by atoms with van der Waals surface area (Å²) in [6.07, 6.45) is 19.6. The number of nitrogens with one attached hydrogen (secondary N) is 3. The topological polar surface area (TPSA) is 65.6 Å². The van der Waals surface area contributed by atoms with Crippen molar-refractivity contribution in [2.24, 2.45) is 0 Å². The number of hydrogen-bond acceptors (Lipinski definition) is 4. The molecule has 5 heteroatoms. The number of imidazole rings is 1. The van der Waals surface area contributed by atoms with E-state index in [0.717, 1.165) is 75.6 Å². The molecule has 2 aromatic rings. The molecular weight excluding hydrogens is 430 g/mol. The van der Waals surface area contributed by atoms with E-state index in [9.17, 15) is 0 Å². The average Bonchev–Trinajstić information content (AvgIpc) is 3.56. The van der Waals surface area contributed by atoms with E-state index in [2.05, 4.69) is 90.1 Å². The molecule has 1 atom stereocenters. The van der Waals surface area contributed by atoms with Gasteiger partial charge in [-0.25, -0.2) is 4.98 Å². The van der Waals surface area contributed by atoms with Crippen LogP contribution in [0.5, 0.6) is 0 Å². The molecule has 35 heavy (non-hydrogen) atoms. The second-order valence-electron chi connectivity index (χ2n) is 8.92. The van der Waals surface area contributed by atoms with Gasteiger partial charge in [0.15, 0.2) is 0 Å². The number of rotatable bonds is 9. The molecule has 1 aliphatic carbocycles. The van der Waals surface area contributed by atoms with Crippen LogP contribution < -0.4 is 10.6 Å². The van der Waals surface area contributed by atoms with Crippen molar-refractivity contribution >= 4 is 16.6 Å². The Morgan fingerprint density at radius 1 is 1.31 bits per heavy atom. The number of nitrogens with zero attached hydrogens (tertiary/aromatic N) is 2. The van der Waals surface area contributed by atoms with E-state index in [4.69, 9.17) is 4.98 Å². The molecule has 180 valence electrons. The third-order valence-corrected chi connectivity index (χ3v) is 6.60. The van der Waals surface area contributed by atoms with Gasteiger partial charge in [-0.15, -0.1) is 0 Å². The van der Waals surface area contributed by atoms with Crippen molar-refractivity contribution < 1.29 is 0 Å². The fraction of sp³-hybridized carbons (Fsp3) is 0.267. The molecular formula is C30H35N5. The molecule has 1 aliphatic heterocycles. The predicted octanol–water partition coefficient (Wildman–Crippen LogP) is 6.17.